The van der Waals surface area contributed by atoms with Crippen molar-refractivity contribution in [2.75, 3.05) is 39.0 Å². The average molecular weight is 298 g/mol. The van der Waals surface area contributed by atoms with E-state index in [-0.39, 0.29) is 0 Å². The van der Waals surface area contributed by atoms with E-state index in [0.29, 0.717) is 26.2 Å². The van der Waals surface area contributed by atoms with Gasteiger partial charge in [0.05, 0.1) is 12.4 Å². The van der Waals surface area contributed by atoms with Crippen LogP contribution in [0.5, 0.6) is 0 Å². The van der Waals surface area contributed by atoms with Gasteiger partial charge < -0.3 is 5.11 Å². The summed E-state index contributed by atoms with van der Waals surface area (Å²) in [6.07, 6.45) is 1.52. The van der Waals surface area contributed by atoms with Gasteiger partial charge in [0.25, 0.3) is 0 Å². The normalized spacial score (nSPS) is 20.5. The van der Waals surface area contributed by atoms with Crippen LogP contribution in [-0.4, -0.2) is 61.7 Å². The molecule has 1 N–H and O–H groups in total. The highest BCUT2D eigenvalue weighted by atomic mass is 32.2. The lowest BCUT2D eigenvalue weighted by Gasteiger charge is -2.23. The van der Waals surface area contributed by atoms with Crippen molar-refractivity contribution in [3.63, 3.8) is 0 Å². The van der Waals surface area contributed by atoms with Crippen LogP contribution in [-0.2, 0) is 10.0 Å². The summed E-state index contributed by atoms with van der Waals surface area (Å²) in [4.78, 5) is 2.13. The summed E-state index contributed by atoms with van der Waals surface area (Å²) >= 11 is 0. The van der Waals surface area contributed by atoms with Gasteiger partial charge in [-0.3, -0.25) is 4.90 Å². The second-order valence-electron chi connectivity index (χ2n) is 5.24. The summed E-state index contributed by atoms with van der Waals surface area (Å²) in [7, 11) is -3.11. The van der Waals surface area contributed by atoms with Crippen LogP contribution in [0.3, 0.4) is 0 Å². The average Bonchev–Trinajstić information content (AvgIpc) is 2.65. The van der Waals surface area contributed by atoms with Crippen LogP contribution in [0.4, 0.5) is 0 Å². The molecule has 1 saturated heterocycles. The van der Waals surface area contributed by atoms with Crippen molar-refractivity contribution >= 4 is 10.0 Å². The van der Waals surface area contributed by atoms with Gasteiger partial charge in [-0.1, -0.05) is 30.3 Å². The molecule has 1 atom stereocenters. The molecule has 0 spiro atoms. The summed E-state index contributed by atoms with van der Waals surface area (Å²) in [5.74, 6) is 0. The van der Waals surface area contributed by atoms with Gasteiger partial charge in [-0.2, -0.15) is 0 Å². The molecule has 0 saturated carbocycles. The van der Waals surface area contributed by atoms with Crippen molar-refractivity contribution in [3.8, 4) is 0 Å². The molecule has 1 aliphatic rings. The third kappa shape index (κ3) is 4.28. The van der Waals surface area contributed by atoms with Gasteiger partial charge in [0, 0.05) is 26.2 Å². The van der Waals surface area contributed by atoms with Crippen LogP contribution >= 0.6 is 0 Å². The minimum Gasteiger partial charge on any atom is -0.387 e. The molecule has 20 heavy (non-hydrogen) atoms. The molecule has 1 heterocycles. The Morgan fingerprint density at radius 3 is 2.50 bits per heavy atom. The van der Waals surface area contributed by atoms with Crippen LogP contribution < -0.4 is 0 Å². The minimum atomic E-state index is -3.11. The van der Waals surface area contributed by atoms with Gasteiger partial charge in [-0.25, -0.2) is 12.7 Å². The van der Waals surface area contributed by atoms with Crippen LogP contribution in [0.25, 0.3) is 0 Å². The van der Waals surface area contributed by atoms with Gasteiger partial charge in [0.2, 0.25) is 10.0 Å². The molecule has 1 aliphatic heterocycles. The molecule has 6 heteroatoms. The molecule has 0 aromatic heterocycles. The predicted octanol–water partition coefficient (Wildman–Crippen LogP) is 0.687. The van der Waals surface area contributed by atoms with Crippen molar-refractivity contribution in [1.82, 2.24) is 9.21 Å². The standard InChI is InChI=1S/C14H22N2O3S/c1-20(18,19)16-9-5-8-15(10-11-16)12-14(17)13-6-3-2-4-7-13/h2-4,6-7,14,17H,5,8-12H2,1H3/t14-/m0/s1. The van der Waals surface area contributed by atoms with Gasteiger partial charge >= 0.3 is 0 Å². The molecule has 0 bridgehead atoms. The molecule has 1 aromatic rings. The van der Waals surface area contributed by atoms with E-state index < -0.39 is 16.1 Å². The van der Waals surface area contributed by atoms with E-state index in [1.54, 1.807) is 0 Å². The minimum absolute atomic E-state index is 0.500. The summed E-state index contributed by atoms with van der Waals surface area (Å²) in [5.41, 5.74) is 0.900. The SMILES string of the molecule is CS(=O)(=O)N1CCCN(C[C@H](O)c2ccccc2)CC1. The molecule has 1 fully saturated rings. The first-order chi connectivity index (χ1) is 9.47. The third-order valence-corrected chi connectivity index (χ3v) is 4.94. The van der Waals surface area contributed by atoms with Crippen LogP contribution in [0.1, 0.15) is 18.1 Å². The first-order valence-corrected chi connectivity index (χ1v) is 8.72. The Bertz CT molecular complexity index is 518. The summed E-state index contributed by atoms with van der Waals surface area (Å²) in [6.45, 7) is 3.09. The molecule has 0 radical (unpaired) electrons. The van der Waals surface area contributed by atoms with Gasteiger partial charge in [0.15, 0.2) is 0 Å². The third-order valence-electron chi connectivity index (χ3n) is 3.63. The van der Waals surface area contributed by atoms with E-state index in [2.05, 4.69) is 4.90 Å². The lowest BCUT2D eigenvalue weighted by molar-refractivity contribution is 0.116. The van der Waals surface area contributed by atoms with Crippen molar-refractivity contribution < 1.29 is 13.5 Å². The Labute approximate surface area is 120 Å². The Balaban J connectivity index is 1.91. The molecule has 5 nitrogen and oxygen atoms in total. The molecule has 0 unspecified atom stereocenters. The maximum Gasteiger partial charge on any atom is 0.211 e. The second-order valence-corrected chi connectivity index (χ2v) is 7.23. The van der Waals surface area contributed by atoms with Crippen LogP contribution in [0.15, 0.2) is 30.3 Å². The number of hydrogen-bond acceptors (Lipinski definition) is 4. The Kier molecular flexibility index (Phi) is 5.15. The van der Waals surface area contributed by atoms with Crippen molar-refractivity contribution in [2.45, 2.75) is 12.5 Å². The Hall–Kier alpha value is -0.950. The number of benzene rings is 1. The monoisotopic (exact) mass is 298 g/mol. The van der Waals surface area contributed by atoms with Crippen molar-refractivity contribution in [2.24, 2.45) is 0 Å². The maximum atomic E-state index is 11.5. The quantitative estimate of drug-likeness (QED) is 0.888. The fourth-order valence-electron chi connectivity index (χ4n) is 2.49. The van der Waals surface area contributed by atoms with E-state index >= 15 is 0 Å². The molecular formula is C14H22N2O3S. The number of aliphatic hydroxyl groups is 1. The molecule has 112 valence electrons. The van der Waals surface area contributed by atoms with Gasteiger partial charge in [0.1, 0.15) is 0 Å². The highest BCUT2D eigenvalue weighted by molar-refractivity contribution is 7.88. The highest BCUT2D eigenvalue weighted by Gasteiger charge is 2.22. The van der Waals surface area contributed by atoms with E-state index in [1.165, 1.54) is 10.6 Å². The highest BCUT2D eigenvalue weighted by Crippen LogP contribution is 2.15. The molecule has 0 amide bonds. The topological polar surface area (TPSA) is 60.9 Å². The number of rotatable bonds is 4. The zero-order valence-electron chi connectivity index (χ0n) is 11.8. The number of aliphatic hydroxyl groups excluding tert-OH is 1. The molecule has 1 aromatic carbocycles. The largest absolute Gasteiger partial charge is 0.387 e. The zero-order valence-corrected chi connectivity index (χ0v) is 12.6. The van der Waals surface area contributed by atoms with Gasteiger partial charge in [-0.15, -0.1) is 0 Å². The molecule has 0 aliphatic carbocycles. The number of sulfonamides is 1. The smallest absolute Gasteiger partial charge is 0.211 e. The molecular weight excluding hydrogens is 276 g/mol. The number of nitrogens with zero attached hydrogens (tertiary/aromatic N) is 2. The number of β-amino-alcohol motifs (C(OH)–C–C–N with tert-alkyl or cyclic N) is 1. The lowest BCUT2D eigenvalue weighted by atomic mass is 10.1. The maximum absolute atomic E-state index is 11.5. The first kappa shape index (κ1) is 15.4. The fraction of sp³-hybridized carbons (Fsp3) is 0.571. The first-order valence-electron chi connectivity index (χ1n) is 6.87. The number of hydrogen-bond donors (Lipinski definition) is 1. The van der Waals surface area contributed by atoms with Crippen molar-refractivity contribution in [3.05, 3.63) is 35.9 Å². The van der Waals surface area contributed by atoms with E-state index in [0.717, 1.165) is 18.5 Å². The van der Waals surface area contributed by atoms with Crippen LogP contribution in [0.2, 0.25) is 0 Å². The van der Waals surface area contributed by atoms with Crippen molar-refractivity contribution in [1.29, 1.82) is 0 Å². The molecule has 2 rings (SSSR count). The Morgan fingerprint density at radius 1 is 1.15 bits per heavy atom. The van der Waals surface area contributed by atoms with Gasteiger partial charge in [-0.05, 0) is 18.5 Å². The van der Waals surface area contributed by atoms with Crippen LogP contribution in [0, 0.1) is 0 Å². The summed E-state index contributed by atoms with van der Waals surface area (Å²) < 4.78 is 24.6. The Morgan fingerprint density at radius 2 is 1.85 bits per heavy atom. The fourth-order valence-corrected chi connectivity index (χ4v) is 3.36. The summed E-state index contributed by atoms with van der Waals surface area (Å²) in [5, 5.41) is 10.2. The predicted molar refractivity (Wildman–Crippen MR) is 78.9 cm³/mol. The zero-order chi connectivity index (χ0) is 14.6. The lowest BCUT2D eigenvalue weighted by Crippen LogP contribution is -2.35. The summed E-state index contributed by atoms with van der Waals surface area (Å²) in [6, 6.07) is 9.56. The van der Waals surface area contributed by atoms with E-state index in [1.807, 2.05) is 30.3 Å². The van der Waals surface area contributed by atoms with E-state index in [9.17, 15) is 13.5 Å². The second kappa shape index (κ2) is 6.67. The van der Waals surface area contributed by atoms with E-state index in [4.69, 9.17) is 0 Å².